The van der Waals surface area contributed by atoms with Crippen molar-refractivity contribution in [2.45, 2.75) is 0 Å². The molecule has 7 heteroatoms. The van der Waals surface area contributed by atoms with Crippen molar-refractivity contribution in [3.63, 3.8) is 0 Å². The van der Waals surface area contributed by atoms with Crippen LogP contribution in [0.4, 0.5) is 0 Å². The van der Waals surface area contributed by atoms with Gasteiger partial charge >= 0.3 is 10.0 Å². The number of hydrogen-bond acceptors (Lipinski definition) is 4. The maximum absolute atomic E-state index is 7.15. The third kappa shape index (κ3) is 4.12. The number of fused-ring (bicyclic) bond motifs is 8. The molecule has 0 aromatic carbocycles. The molecule has 2 radical (unpaired) electrons. The highest BCUT2D eigenvalue weighted by Gasteiger charge is 2.02. The molecule has 0 aliphatic carbocycles. The van der Waals surface area contributed by atoms with Gasteiger partial charge in [-0.25, -0.2) is 9.97 Å². The zero-order valence-corrected chi connectivity index (χ0v) is 15.2. The maximum atomic E-state index is 7.15. The van der Waals surface area contributed by atoms with Gasteiger partial charge in [0.1, 0.15) is 0 Å². The van der Waals surface area contributed by atoms with Crippen molar-refractivity contribution in [1.82, 2.24) is 19.9 Å². The molecule has 3 aromatic heterocycles. The Hall–Kier alpha value is -3.26. The first kappa shape index (κ1) is 17.2. The summed E-state index contributed by atoms with van der Waals surface area (Å²) in [5.74, 6) is 0. The highest BCUT2D eigenvalue weighted by molar-refractivity contribution is 6.13. The number of aromatic nitrogens is 4. The second-order valence-electron chi connectivity index (χ2n) is 6.01. The van der Waals surface area contributed by atoms with Crippen molar-refractivity contribution >= 4 is 56.4 Å². The van der Waals surface area contributed by atoms with Crippen molar-refractivity contribution in [2.75, 3.05) is 0 Å². The summed E-state index contributed by atoms with van der Waals surface area (Å²) in [5.41, 5.74) is 7.86. The van der Waals surface area contributed by atoms with E-state index in [1.807, 2.05) is 42.5 Å². The van der Waals surface area contributed by atoms with Crippen LogP contribution >= 0.6 is 0 Å². The molecule has 0 saturated heterocycles. The summed E-state index contributed by atoms with van der Waals surface area (Å²) in [7, 11) is -0.917. The average molecular weight is 372 g/mol. The molecule has 0 spiro atoms. The van der Waals surface area contributed by atoms with E-state index >= 15 is 0 Å². The molecule has 0 saturated carbocycles. The molecule has 2 aliphatic heterocycles. The maximum Gasteiger partial charge on any atom is 0.427 e. The van der Waals surface area contributed by atoms with Gasteiger partial charge in [-0.15, -0.1) is 0 Å². The first-order chi connectivity index (χ1) is 13.2. The second kappa shape index (κ2) is 7.54. The molecule has 27 heavy (non-hydrogen) atoms. The van der Waals surface area contributed by atoms with Gasteiger partial charge in [0.15, 0.2) is 0 Å². The first-order valence-electron chi connectivity index (χ1n) is 8.29. The highest BCUT2D eigenvalue weighted by atomic mass is 28.2. The van der Waals surface area contributed by atoms with Crippen LogP contribution in [0.5, 0.6) is 0 Å². The smallest absolute Gasteiger partial charge is 0.409 e. The number of nitrogens with one attached hydrogen (secondary N) is 2. The average Bonchev–Trinajstić information content (AvgIpc) is 3.41. The topological polar surface area (TPSA) is 97.8 Å². The van der Waals surface area contributed by atoms with Crippen molar-refractivity contribution in [3.05, 3.63) is 71.3 Å². The fourth-order valence-corrected chi connectivity index (χ4v) is 2.94. The van der Waals surface area contributed by atoms with Crippen LogP contribution in [0.25, 0.3) is 46.4 Å². The minimum Gasteiger partial charge on any atom is -0.409 e. The fraction of sp³-hybridized carbons (Fsp3) is 0. The van der Waals surface area contributed by atoms with Crippen LogP contribution in [0.1, 0.15) is 22.8 Å². The summed E-state index contributed by atoms with van der Waals surface area (Å²) in [6.45, 7) is 0. The first-order valence-corrected chi connectivity index (χ1v) is 9.19. The second-order valence-corrected chi connectivity index (χ2v) is 6.21. The standard InChI is InChI=1S/C20H14N4.H2O2Si/c1-2-14-10-16-5-6-18(23-16)12-20-8-7-19(24-20)11-17-4-3-15(22-17)9-13(1)21-14;1-3-2/h1-12,21-22H;1-2H. The molecule has 5 heterocycles. The monoisotopic (exact) mass is 372 g/mol. The van der Waals surface area contributed by atoms with Crippen LogP contribution in [-0.2, 0) is 0 Å². The highest BCUT2D eigenvalue weighted by Crippen LogP contribution is 2.17. The summed E-state index contributed by atoms with van der Waals surface area (Å²) < 4.78 is 0. The van der Waals surface area contributed by atoms with E-state index in [-0.39, 0.29) is 0 Å². The molecule has 3 aromatic rings. The third-order valence-electron chi connectivity index (χ3n) is 4.04. The summed E-state index contributed by atoms with van der Waals surface area (Å²) in [5, 5.41) is 0. The molecule has 5 rings (SSSR count). The Morgan fingerprint density at radius 3 is 1.30 bits per heavy atom. The molecule has 132 valence electrons. The Kier molecular flexibility index (Phi) is 4.80. The van der Waals surface area contributed by atoms with Gasteiger partial charge in [-0.3, -0.25) is 0 Å². The quantitative estimate of drug-likeness (QED) is 0.314. The lowest BCUT2D eigenvalue weighted by molar-refractivity contribution is 0.448. The normalized spacial score (nSPS) is 11.9. The minimum atomic E-state index is -0.917. The van der Waals surface area contributed by atoms with Gasteiger partial charge in [-0.1, -0.05) is 0 Å². The lowest BCUT2D eigenvalue weighted by Gasteiger charge is -1.86. The molecule has 6 nitrogen and oxygen atoms in total. The summed E-state index contributed by atoms with van der Waals surface area (Å²) in [6.07, 6.45) is 8.05. The van der Waals surface area contributed by atoms with Crippen molar-refractivity contribution in [1.29, 1.82) is 0 Å². The molecule has 2 aliphatic rings. The zero-order chi connectivity index (χ0) is 18.6. The molecule has 4 N–H and O–H groups in total. The zero-order valence-electron chi connectivity index (χ0n) is 14.2. The van der Waals surface area contributed by atoms with Gasteiger partial charge in [0.05, 0.1) is 22.8 Å². The predicted octanol–water partition coefficient (Wildman–Crippen LogP) is 3.16. The Bertz CT molecular complexity index is 1100. The SMILES string of the molecule is C1=Cc2cc3ccc(cc4ccc(cc5nc(cc1n2)C=C5)[nH]4)[nH]3.O[Si]O. The van der Waals surface area contributed by atoms with Crippen LogP contribution in [0.15, 0.2) is 48.5 Å². The number of aromatic amines is 2. The molecule has 0 amide bonds. The van der Waals surface area contributed by atoms with Gasteiger partial charge in [-0.05, 0) is 72.8 Å². The minimum absolute atomic E-state index is 0.915. The largest absolute Gasteiger partial charge is 0.427 e. The van der Waals surface area contributed by atoms with Crippen LogP contribution in [-0.4, -0.2) is 39.5 Å². The fourth-order valence-electron chi connectivity index (χ4n) is 2.94. The van der Waals surface area contributed by atoms with Crippen molar-refractivity contribution < 1.29 is 9.59 Å². The third-order valence-corrected chi connectivity index (χ3v) is 4.04. The molecule has 0 fully saturated rings. The van der Waals surface area contributed by atoms with Crippen molar-refractivity contribution in [3.8, 4) is 0 Å². The van der Waals surface area contributed by atoms with E-state index in [0.717, 1.165) is 44.8 Å². The van der Waals surface area contributed by atoms with Crippen LogP contribution < -0.4 is 0 Å². The molecule has 0 atom stereocenters. The van der Waals surface area contributed by atoms with E-state index in [0.29, 0.717) is 0 Å². The van der Waals surface area contributed by atoms with Gasteiger partial charge < -0.3 is 19.6 Å². The van der Waals surface area contributed by atoms with Gasteiger partial charge in [-0.2, -0.15) is 0 Å². The van der Waals surface area contributed by atoms with Crippen LogP contribution in [0, 0.1) is 0 Å². The van der Waals surface area contributed by atoms with E-state index in [1.165, 1.54) is 0 Å². The van der Waals surface area contributed by atoms with E-state index < -0.39 is 10.0 Å². The lowest BCUT2D eigenvalue weighted by atomic mass is 10.3. The van der Waals surface area contributed by atoms with E-state index in [2.05, 4.69) is 50.3 Å². The molecular formula is C20H16N4O2Si. The van der Waals surface area contributed by atoms with Gasteiger partial charge in [0.25, 0.3) is 0 Å². The van der Waals surface area contributed by atoms with Crippen LogP contribution in [0.2, 0.25) is 0 Å². The summed E-state index contributed by atoms with van der Waals surface area (Å²) in [4.78, 5) is 30.3. The molecule has 0 unspecified atom stereocenters. The summed E-state index contributed by atoms with van der Waals surface area (Å²) >= 11 is 0. The Morgan fingerprint density at radius 1 is 0.556 bits per heavy atom. The van der Waals surface area contributed by atoms with Gasteiger partial charge in [0.2, 0.25) is 0 Å². The lowest BCUT2D eigenvalue weighted by Crippen LogP contribution is -1.77. The molecule has 8 bridgehead atoms. The predicted molar refractivity (Wildman–Crippen MR) is 109 cm³/mol. The van der Waals surface area contributed by atoms with E-state index in [4.69, 9.17) is 9.59 Å². The van der Waals surface area contributed by atoms with Crippen LogP contribution in [0.3, 0.4) is 0 Å². The van der Waals surface area contributed by atoms with E-state index in [9.17, 15) is 0 Å². The Morgan fingerprint density at radius 2 is 0.889 bits per heavy atom. The summed E-state index contributed by atoms with van der Waals surface area (Å²) in [6, 6.07) is 16.4. The van der Waals surface area contributed by atoms with Crippen molar-refractivity contribution in [2.24, 2.45) is 0 Å². The Labute approximate surface area is 157 Å². The number of hydrogen-bond donors (Lipinski definition) is 4. The van der Waals surface area contributed by atoms with E-state index in [1.54, 1.807) is 0 Å². The van der Waals surface area contributed by atoms with Gasteiger partial charge in [0, 0.05) is 22.1 Å². The number of H-pyrrole nitrogens is 2. The number of rotatable bonds is 0. The number of nitrogens with zero attached hydrogens (tertiary/aromatic N) is 2. The molecular weight excluding hydrogens is 356 g/mol. The Balaban J connectivity index is 0.000000565.